The maximum Gasteiger partial charge on any atom is 0.345 e. The van der Waals surface area contributed by atoms with Crippen LogP contribution >= 0.6 is 0 Å². The van der Waals surface area contributed by atoms with Gasteiger partial charge in [0.15, 0.2) is 5.65 Å². The zero-order chi connectivity index (χ0) is 16.1. The third-order valence-corrected chi connectivity index (χ3v) is 3.37. The van der Waals surface area contributed by atoms with Gasteiger partial charge in [-0.2, -0.15) is 9.78 Å². The fourth-order valence-corrected chi connectivity index (χ4v) is 2.26. The van der Waals surface area contributed by atoms with Crippen LogP contribution in [0.25, 0.3) is 5.65 Å². The summed E-state index contributed by atoms with van der Waals surface area (Å²) in [4.78, 5) is 28.1. The normalized spacial score (nSPS) is 10.6. The molecule has 7 nitrogen and oxygen atoms in total. The van der Waals surface area contributed by atoms with Crippen molar-refractivity contribution in [3.63, 3.8) is 0 Å². The lowest BCUT2D eigenvalue weighted by Gasteiger charge is -2.00. The number of aryl methyl sites for hydroxylation is 1. The first-order valence-electron chi connectivity index (χ1n) is 7.33. The highest BCUT2D eigenvalue weighted by molar-refractivity contribution is 5.88. The number of carbonyl (C=O) groups is 1. The third kappa shape index (κ3) is 2.86. The van der Waals surface area contributed by atoms with Crippen LogP contribution in [0.2, 0.25) is 0 Å². The molecule has 0 aliphatic carbocycles. The van der Waals surface area contributed by atoms with Gasteiger partial charge in [0.1, 0.15) is 17.2 Å². The molecule has 0 radical (unpaired) electrons. The van der Waals surface area contributed by atoms with E-state index in [0.717, 1.165) is 23.8 Å². The molecule has 0 aromatic carbocycles. The number of hydrogen-bond donors (Lipinski definition) is 1. The largest absolute Gasteiger partial charge is 0.462 e. The van der Waals surface area contributed by atoms with E-state index in [2.05, 4.69) is 23.1 Å². The molecule has 2 rings (SSSR count). The smallest absolute Gasteiger partial charge is 0.345 e. The second kappa shape index (κ2) is 6.89. The minimum absolute atomic E-state index is 0.148. The first-order chi connectivity index (χ1) is 10.6. The number of ether oxygens (including phenoxy) is 1. The average molecular weight is 302 g/mol. The zero-order valence-corrected chi connectivity index (χ0v) is 12.7. The van der Waals surface area contributed by atoms with E-state index in [0.29, 0.717) is 17.7 Å². The minimum Gasteiger partial charge on any atom is -0.462 e. The molecule has 0 aliphatic heterocycles. The van der Waals surface area contributed by atoms with Gasteiger partial charge in [-0.1, -0.05) is 19.8 Å². The van der Waals surface area contributed by atoms with E-state index in [1.165, 1.54) is 6.20 Å². The third-order valence-electron chi connectivity index (χ3n) is 3.37. The molecule has 0 unspecified atom stereocenters. The maximum atomic E-state index is 12.3. The number of aromatic amines is 1. The van der Waals surface area contributed by atoms with E-state index in [1.807, 2.05) is 0 Å². The van der Waals surface area contributed by atoms with E-state index < -0.39 is 11.5 Å². The van der Waals surface area contributed by atoms with Crippen molar-refractivity contribution in [1.82, 2.24) is 14.6 Å². The van der Waals surface area contributed by atoms with Gasteiger partial charge in [0.25, 0.3) is 5.56 Å². The Bertz CT molecular complexity index is 782. The first-order valence-corrected chi connectivity index (χ1v) is 7.33. The van der Waals surface area contributed by atoms with Crippen molar-refractivity contribution >= 4 is 11.6 Å². The van der Waals surface area contributed by atoms with E-state index in [-0.39, 0.29) is 17.8 Å². The SMILES string of the molecule is CCCCCc1[nH]n2c(=O)c(C(=O)OCC)cnc2c1C#N. The van der Waals surface area contributed by atoms with Crippen molar-refractivity contribution in [3.05, 3.63) is 33.4 Å². The first kappa shape index (κ1) is 15.8. The number of esters is 1. The average Bonchev–Trinajstić information content (AvgIpc) is 2.86. The van der Waals surface area contributed by atoms with Crippen LogP contribution in [0.4, 0.5) is 0 Å². The van der Waals surface area contributed by atoms with Gasteiger partial charge in [0, 0.05) is 6.20 Å². The Morgan fingerprint density at radius 3 is 2.86 bits per heavy atom. The Kier molecular flexibility index (Phi) is 4.94. The fourth-order valence-electron chi connectivity index (χ4n) is 2.26. The van der Waals surface area contributed by atoms with Crippen molar-refractivity contribution in [2.45, 2.75) is 39.5 Å². The molecule has 2 heterocycles. The number of aromatic nitrogens is 3. The Balaban J connectivity index is 2.50. The summed E-state index contributed by atoms with van der Waals surface area (Å²) in [5.74, 6) is -0.713. The van der Waals surface area contributed by atoms with Gasteiger partial charge in [-0.3, -0.25) is 9.89 Å². The number of carbonyl (C=O) groups excluding carboxylic acids is 1. The number of nitrogens with zero attached hydrogens (tertiary/aromatic N) is 3. The second-order valence-electron chi connectivity index (χ2n) is 4.89. The summed E-state index contributed by atoms with van der Waals surface area (Å²) in [6.07, 6.45) is 4.84. The molecule has 2 aromatic rings. The fraction of sp³-hybridized carbons (Fsp3) is 0.467. The molecule has 0 saturated heterocycles. The molecule has 7 heteroatoms. The van der Waals surface area contributed by atoms with Gasteiger partial charge in [0.05, 0.1) is 12.3 Å². The summed E-state index contributed by atoms with van der Waals surface area (Å²) in [6.45, 7) is 3.93. The van der Waals surface area contributed by atoms with Crippen molar-refractivity contribution in [3.8, 4) is 6.07 Å². The quantitative estimate of drug-likeness (QED) is 0.648. The highest BCUT2D eigenvalue weighted by Crippen LogP contribution is 2.14. The summed E-state index contributed by atoms with van der Waals surface area (Å²) in [5, 5.41) is 12.2. The lowest BCUT2D eigenvalue weighted by molar-refractivity contribution is 0.0523. The molecule has 0 spiro atoms. The number of rotatable bonds is 6. The summed E-state index contributed by atoms with van der Waals surface area (Å²) in [7, 11) is 0. The topological polar surface area (TPSA) is 100 Å². The molecule has 0 atom stereocenters. The van der Waals surface area contributed by atoms with Crippen LogP contribution in [0.15, 0.2) is 11.0 Å². The molecule has 1 N–H and O–H groups in total. The van der Waals surface area contributed by atoms with E-state index in [1.54, 1.807) is 6.92 Å². The van der Waals surface area contributed by atoms with E-state index >= 15 is 0 Å². The van der Waals surface area contributed by atoms with Gasteiger partial charge in [-0.05, 0) is 19.8 Å². The van der Waals surface area contributed by atoms with Crippen LogP contribution in [-0.2, 0) is 11.2 Å². The molecular weight excluding hydrogens is 284 g/mol. The maximum absolute atomic E-state index is 12.3. The summed E-state index contributed by atoms with van der Waals surface area (Å²) in [5.41, 5.74) is 0.559. The van der Waals surface area contributed by atoms with Crippen LogP contribution in [0.1, 0.15) is 54.7 Å². The summed E-state index contributed by atoms with van der Waals surface area (Å²) in [6, 6.07) is 2.08. The Morgan fingerprint density at radius 2 is 2.23 bits per heavy atom. The van der Waals surface area contributed by atoms with Gasteiger partial charge in [0.2, 0.25) is 0 Å². The van der Waals surface area contributed by atoms with Crippen LogP contribution in [0, 0.1) is 11.3 Å². The van der Waals surface area contributed by atoms with Crippen molar-refractivity contribution in [1.29, 1.82) is 5.26 Å². The molecule has 0 bridgehead atoms. The minimum atomic E-state index is -0.713. The predicted molar refractivity (Wildman–Crippen MR) is 79.7 cm³/mol. The van der Waals surface area contributed by atoms with Gasteiger partial charge in [-0.15, -0.1) is 0 Å². The van der Waals surface area contributed by atoms with Crippen molar-refractivity contribution in [2.24, 2.45) is 0 Å². The van der Waals surface area contributed by atoms with Crippen LogP contribution in [0.5, 0.6) is 0 Å². The van der Waals surface area contributed by atoms with Crippen molar-refractivity contribution < 1.29 is 9.53 Å². The highest BCUT2D eigenvalue weighted by Gasteiger charge is 2.19. The molecular formula is C15H18N4O3. The van der Waals surface area contributed by atoms with Crippen molar-refractivity contribution in [2.75, 3.05) is 6.61 Å². The molecule has 0 fully saturated rings. The Morgan fingerprint density at radius 1 is 1.45 bits per heavy atom. The zero-order valence-electron chi connectivity index (χ0n) is 12.7. The van der Waals surface area contributed by atoms with E-state index in [4.69, 9.17) is 4.74 Å². The predicted octanol–water partition coefficient (Wildman–Crippen LogP) is 1.80. The van der Waals surface area contributed by atoms with E-state index in [9.17, 15) is 14.9 Å². The molecule has 0 aliphatic rings. The number of H-pyrrole nitrogens is 1. The lowest BCUT2D eigenvalue weighted by Crippen LogP contribution is -2.24. The second-order valence-corrected chi connectivity index (χ2v) is 4.89. The molecule has 22 heavy (non-hydrogen) atoms. The van der Waals surface area contributed by atoms with Crippen LogP contribution in [0.3, 0.4) is 0 Å². The number of unbranched alkanes of at least 4 members (excludes halogenated alkanes) is 2. The Hall–Kier alpha value is -2.62. The monoisotopic (exact) mass is 302 g/mol. The molecule has 116 valence electrons. The standard InChI is InChI=1S/C15H18N4O3/c1-3-5-6-7-12-10(8-16)13-17-9-11(15(21)22-4-2)14(20)19(13)18-12/h9,18H,3-7H2,1-2H3. The van der Waals surface area contributed by atoms with Gasteiger partial charge in [-0.25, -0.2) is 9.78 Å². The number of fused-ring (bicyclic) bond motifs is 1. The number of nitriles is 1. The van der Waals surface area contributed by atoms with Gasteiger partial charge >= 0.3 is 5.97 Å². The van der Waals surface area contributed by atoms with Gasteiger partial charge < -0.3 is 4.74 Å². The lowest BCUT2D eigenvalue weighted by atomic mass is 10.1. The Labute approximate surface area is 127 Å². The van der Waals surface area contributed by atoms with Crippen LogP contribution in [-0.4, -0.2) is 27.2 Å². The highest BCUT2D eigenvalue weighted by atomic mass is 16.5. The molecule has 0 amide bonds. The number of hydrogen-bond acceptors (Lipinski definition) is 5. The molecule has 2 aromatic heterocycles. The summed E-state index contributed by atoms with van der Waals surface area (Å²) < 4.78 is 5.97. The van der Waals surface area contributed by atoms with Crippen LogP contribution < -0.4 is 5.56 Å². The summed E-state index contributed by atoms with van der Waals surface area (Å²) >= 11 is 0. The number of nitrogens with one attached hydrogen (secondary N) is 1. The molecule has 0 saturated carbocycles.